The molecule has 1 heterocycles. The van der Waals surface area contributed by atoms with E-state index in [1.165, 1.54) is 12.8 Å². The third-order valence-electron chi connectivity index (χ3n) is 4.38. The van der Waals surface area contributed by atoms with Gasteiger partial charge in [0.05, 0.1) is 5.56 Å². The Bertz CT molecular complexity index is 432. The Morgan fingerprint density at radius 1 is 1.16 bits per heavy atom. The standard InChI is InChI=1S/C16H21NO2/c18-16(12-5-2-1-3-6-12)19-14-8-9-15-13(11-14)7-4-10-17-15/h1-3,5-6,13-15,17H,4,7-11H2. The van der Waals surface area contributed by atoms with Gasteiger partial charge in [0.25, 0.3) is 0 Å². The Morgan fingerprint density at radius 2 is 2.00 bits per heavy atom. The van der Waals surface area contributed by atoms with Crippen LogP contribution in [0.5, 0.6) is 0 Å². The molecule has 0 bridgehead atoms. The first kappa shape index (κ1) is 12.7. The highest BCUT2D eigenvalue weighted by molar-refractivity contribution is 5.89. The Hall–Kier alpha value is -1.35. The van der Waals surface area contributed by atoms with E-state index >= 15 is 0 Å². The normalized spacial score (nSPS) is 30.4. The molecule has 3 nitrogen and oxygen atoms in total. The van der Waals surface area contributed by atoms with Crippen LogP contribution < -0.4 is 5.32 Å². The quantitative estimate of drug-likeness (QED) is 0.830. The topological polar surface area (TPSA) is 38.3 Å². The van der Waals surface area contributed by atoms with Gasteiger partial charge in [-0.2, -0.15) is 0 Å². The van der Waals surface area contributed by atoms with Crippen molar-refractivity contribution in [2.24, 2.45) is 5.92 Å². The van der Waals surface area contributed by atoms with Crippen LogP contribution in [0.15, 0.2) is 30.3 Å². The van der Waals surface area contributed by atoms with Crippen molar-refractivity contribution in [3.63, 3.8) is 0 Å². The number of carbonyl (C=O) groups is 1. The summed E-state index contributed by atoms with van der Waals surface area (Å²) in [5.41, 5.74) is 0.659. The Morgan fingerprint density at radius 3 is 2.84 bits per heavy atom. The molecule has 0 radical (unpaired) electrons. The van der Waals surface area contributed by atoms with E-state index in [0.717, 1.165) is 25.8 Å². The molecule has 3 rings (SSSR count). The second kappa shape index (κ2) is 5.74. The maximum atomic E-state index is 12.0. The van der Waals surface area contributed by atoms with Crippen molar-refractivity contribution in [2.75, 3.05) is 6.54 Å². The van der Waals surface area contributed by atoms with Crippen LogP contribution in [0.2, 0.25) is 0 Å². The number of hydrogen-bond acceptors (Lipinski definition) is 3. The summed E-state index contributed by atoms with van der Waals surface area (Å²) in [6.07, 6.45) is 5.78. The van der Waals surface area contributed by atoms with E-state index in [-0.39, 0.29) is 12.1 Å². The molecule has 2 fully saturated rings. The summed E-state index contributed by atoms with van der Waals surface area (Å²) < 4.78 is 5.66. The molecule has 3 heteroatoms. The fourth-order valence-corrected chi connectivity index (χ4v) is 3.36. The van der Waals surface area contributed by atoms with E-state index in [4.69, 9.17) is 4.74 Å². The molecule has 1 aromatic carbocycles. The maximum absolute atomic E-state index is 12.0. The lowest BCUT2D eigenvalue weighted by Gasteiger charge is -2.39. The molecule has 0 aromatic heterocycles. The summed E-state index contributed by atoms with van der Waals surface area (Å²) in [4.78, 5) is 12.0. The average molecular weight is 259 g/mol. The van der Waals surface area contributed by atoms with Crippen molar-refractivity contribution in [3.05, 3.63) is 35.9 Å². The van der Waals surface area contributed by atoms with Crippen LogP contribution >= 0.6 is 0 Å². The van der Waals surface area contributed by atoms with E-state index in [2.05, 4.69) is 5.32 Å². The van der Waals surface area contributed by atoms with Gasteiger partial charge in [-0.1, -0.05) is 18.2 Å². The number of benzene rings is 1. The number of piperidine rings is 1. The largest absolute Gasteiger partial charge is 0.459 e. The van der Waals surface area contributed by atoms with Crippen LogP contribution in [0.1, 0.15) is 42.5 Å². The third-order valence-corrected chi connectivity index (χ3v) is 4.38. The number of esters is 1. The van der Waals surface area contributed by atoms with Crippen LogP contribution in [-0.2, 0) is 4.74 Å². The lowest BCUT2D eigenvalue weighted by atomic mass is 9.78. The summed E-state index contributed by atoms with van der Waals surface area (Å²) in [5.74, 6) is 0.517. The van der Waals surface area contributed by atoms with Gasteiger partial charge in [-0.25, -0.2) is 4.79 Å². The summed E-state index contributed by atoms with van der Waals surface area (Å²) in [5, 5.41) is 3.59. The van der Waals surface area contributed by atoms with Gasteiger partial charge in [0.1, 0.15) is 6.10 Å². The van der Waals surface area contributed by atoms with Crippen molar-refractivity contribution >= 4 is 5.97 Å². The third kappa shape index (κ3) is 2.98. The lowest BCUT2D eigenvalue weighted by molar-refractivity contribution is 0.00579. The number of rotatable bonds is 2. The van der Waals surface area contributed by atoms with E-state index in [9.17, 15) is 4.79 Å². The Balaban J connectivity index is 1.57. The predicted octanol–water partition coefficient (Wildman–Crippen LogP) is 2.76. The monoisotopic (exact) mass is 259 g/mol. The summed E-state index contributed by atoms with van der Waals surface area (Å²) in [6.45, 7) is 1.15. The minimum Gasteiger partial charge on any atom is -0.459 e. The molecule has 1 aliphatic carbocycles. The zero-order valence-electron chi connectivity index (χ0n) is 11.2. The molecule has 1 saturated carbocycles. The van der Waals surface area contributed by atoms with Gasteiger partial charge in [-0.3, -0.25) is 0 Å². The van der Waals surface area contributed by atoms with Crippen molar-refractivity contribution in [1.82, 2.24) is 5.32 Å². The summed E-state index contributed by atoms with van der Waals surface area (Å²) >= 11 is 0. The van der Waals surface area contributed by atoms with E-state index in [0.29, 0.717) is 17.5 Å². The summed E-state index contributed by atoms with van der Waals surface area (Å²) in [7, 11) is 0. The zero-order chi connectivity index (χ0) is 13.1. The SMILES string of the molecule is O=C(OC1CCC2NCCCC2C1)c1ccccc1. The van der Waals surface area contributed by atoms with Gasteiger partial charge >= 0.3 is 5.97 Å². The fraction of sp³-hybridized carbons (Fsp3) is 0.562. The molecule has 1 aromatic rings. The zero-order valence-corrected chi connectivity index (χ0v) is 11.2. The number of nitrogens with one attached hydrogen (secondary N) is 1. The number of hydrogen-bond donors (Lipinski definition) is 1. The molecule has 1 aliphatic heterocycles. The maximum Gasteiger partial charge on any atom is 0.338 e. The first-order valence-corrected chi connectivity index (χ1v) is 7.32. The Labute approximate surface area is 114 Å². The van der Waals surface area contributed by atoms with Crippen molar-refractivity contribution < 1.29 is 9.53 Å². The van der Waals surface area contributed by atoms with E-state index in [1.807, 2.05) is 30.3 Å². The number of ether oxygens (including phenoxy) is 1. The van der Waals surface area contributed by atoms with Gasteiger partial charge in [-0.05, 0) is 56.7 Å². The molecule has 3 atom stereocenters. The van der Waals surface area contributed by atoms with Crippen molar-refractivity contribution in [2.45, 2.75) is 44.2 Å². The average Bonchev–Trinajstić information content (AvgIpc) is 2.48. The fourth-order valence-electron chi connectivity index (χ4n) is 3.36. The molecule has 0 amide bonds. The molecule has 19 heavy (non-hydrogen) atoms. The second-order valence-electron chi connectivity index (χ2n) is 5.67. The number of fused-ring (bicyclic) bond motifs is 1. The van der Waals surface area contributed by atoms with E-state index < -0.39 is 0 Å². The summed E-state index contributed by atoms with van der Waals surface area (Å²) in [6, 6.07) is 9.94. The smallest absolute Gasteiger partial charge is 0.338 e. The highest BCUT2D eigenvalue weighted by Gasteiger charge is 2.33. The van der Waals surface area contributed by atoms with Crippen LogP contribution in [0.3, 0.4) is 0 Å². The van der Waals surface area contributed by atoms with Crippen LogP contribution in [0, 0.1) is 5.92 Å². The van der Waals surface area contributed by atoms with E-state index in [1.54, 1.807) is 0 Å². The van der Waals surface area contributed by atoms with Gasteiger partial charge in [0.2, 0.25) is 0 Å². The van der Waals surface area contributed by atoms with Crippen molar-refractivity contribution in [1.29, 1.82) is 0 Å². The Kier molecular flexibility index (Phi) is 3.83. The van der Waals surface area contributed by atoms with Gasteiger partial charge in [0.15, 0.2) is 0 Å². The number of carbonyl (C=O) groups excluding carboxylic acids is 1. The molecule has 1 saturated heterocycles. The molecule has 2 aliphatic rings. The highest BCUT2D eigenvalue weighted by Crippen LogP contribution is 2.32. The molecule has 0 spiro atoms. The van der Waals surface area contributed by atoms with Gasteiger partial charge in [0, 0.05) is 6.04 Å². The highest BCUT2D eigenvalue weighted by atomic mass is 16.5. The molecule has 3 unspecified atom stereocenters. The van der Waals surface area contributed by atoms with Crippen LogP contribution in [0.25, 0.3) is 0 Å². The molecular weight excluding hydrogens is 238 g/mol. The predicted molar refractivity (Wildman–Crippen MR) is 74.0 cm³/mol. The second-order valence-corrected chi connectivity index (χ2v) is 5.67. The lowest BCUT2D eigenvalue weighted by Crippen LogP contribution is -2.46. The minimum absolute atomic E-state index is 0.105. The minimum atomic E-state index is -0.173. The molecule has 102 valence electrons. The van der Waals surface area contributed by atoms with Crippen LogP contribution in [-0.4, -0.2) is 24.7 Å². The van der Waals surface area contributed by atoms with Crippen LogP contribution in [0.4, 0.5) is 0 Å². The van der Waals surface area contributed by atoms with Gasteiger partial charge in [-0.15, -0.1) is 0 Å². The molecule has 1 N–H and O–H groups in total. The first-order valence-electron chi connectivity index (χ1n) is 7.32. The van der Waals surface area contributed by atoms with Crippen molar-refractivity contribution in [3.8, 4) is 0 Å². The first-order chi connectivity index (χ1) is 9.33. The van der Waals surface area contributed by atoms with Gasteiger partial charge < -0.3 is 10.1 Å². The molecular formula is C16H21NO2.